The van der Waals surface area contributed by atoms with Gasteiger partial charge in [0.05, 0.1) is 17.8 Å². The molecule has 10 heteroatoms. The molecule has 2 aromatic rings. The zero-order valence-corrected chi connectivity index (χ0v) is 12.4. The number of carboxylic acid groups (broad SMARTS) is 1. The van der Waals surface area contributed by atoms with Crippen LogP contribution in [0.15, 0.2) is 10.8 Å². The van der Waals surface area contributed by atoms with Crippen LogP contribution >= 0.6 is 35.1 Å². The number of carbonyl (C=O) groups is 2. The molecule has 108 valence electrons. The second-order valence-electron chi connectivity index (χ2n) is 3.69. The predicted octanol–water partition coefficient (Wildman–Crippen LogP) is 0.848. The number of aromatic nitrogens is 2. The lowest BCUT2D eigenvalue weighted by Gasteiger charge is -2.06. The van der Waals surface area contributed by atoms with E-state index in [0.717, 1.165) is 0 Å². The van der Waals surface area contributed by atoms with Crippen molar-refractivity contribution < 1.29 is 14.7 Å². The Morgan fingerprint density at radius 3 is 2.50 bits per heavy atom. The number of anilines is 1. The van der Waals surface area contributed by atoms with E-state index in [4.69, 9.17) is 16.6 Å². The smallest absolute Gasteiger partial charge is 0.309 e. The van der Waals surface area contributed by atoms with Crippen LogP contribution in [-0.4, -0.2) is 27.0 Å². The van der Waals surface area contributed by atoms with Crippen molar-refractivity contribution in [2.75, 3.05) is 5.73 Å². The molecule has 2 heterocycles. The molecule has 2 aromatic heterocycles. The molecule has 0 aliphatic heterocycles. The average Bonchev–Trinajstić information content (AvgIpc) is 2.88. The van der Waals surface area contributed by atoms with Gasteiger partial charge < -0.3 is 16.6 Å². The average molecular weight is 335 g/mol. The number of nitrogens with two attached hydrogens (primary N) is 2. The van der Waals surface area contributed by atoms with Crippen molar-refractivity contribution in [2.24, 2.45) is 5.73 Å². The molecular formula is C10H11ClN4O3S2. The van der Waals surface area contributed by atoms with Crippen LogP contribution < -0.4 is 11.5 Å². The third kappa shape index (κ3) is 3.65. The van der Waals surface area contributed by atoms with E-state index in [1.165, 1.54) is 22.7 Å². The topological polar surface area (TPSA) is 132 Å². The van der Waals surface area contributed by atoms with Crippen molar-refractivity contribution in [1.82, 2.24) is 9.97 Å². The fourth-order valence-electron chi connectivity index (χ4n) is 1.52. The van der Waals surface area contributed by atoms with Gasteiger partial charge in [-0.1, -0.05) is 0 Å². The Balaban J connectivity index is 0.00000200. The molecule has 1 amide bonds. The maximum absolute atomic E-state index is 11.5. The quantitative estimate of drug-likeness (QED) is 0.742. The van der Waals surface area contributed by atoms with Crippen LogP contribution in [0.3, 0.4) is 0 Å². The third-order valence-electron chi connectivity index (χ3n) is 2.27. The first-order chi connectivity index (χ1) is 8.97. The maximum atomic E-state index is 11.5. The standard InChI is InChI=1S/C10H10N4O3S2.ClH/c11-8(17)7(5-3-19-10(12)14-5)9-13-4(2-18-9)1-6(15)16;/h2-3,7H,1H2,(H2,11,17)(H2,12,14)(H,15,16);1H. The molecule has 20 heavy (non-hydrogen) atoms. The molecule has 0 aliphatic rings. The number of aliphatic carboxylic acids is 1. The van der Waals surface area contributed by atoms with Gasteiger partial charge in [-0.3, -0.25) is 9.59 Å². The second kappa shape index (κ2) is 6.64. The minimum absolute atomic E-state index is 0. The summed E-state index contributed by atoms with van der Waals surface area (Å²) < 4.78 is 0. The summed E-state index contributed by atoms with van der Waals surface area (Å²) in [6.07, 6.45) is -0.193. The second-order valence-corrected chi connectivity index (χ2v) is 5.47. The summed E-state index contributed by atoms with van der Waals surface area (Å²) in [5.74, 6) is -2.37. The van der Waals surface area contributed by atoms with E-state index >= 15 is 0 Å². The fourth-order valence-corrected chi connectivity index (χ4v) is 3.04. The van der Waals surface area contributed by atoms with E-state index in [9.17, 15) is 9.59 Å². The third-order valence-corrected chi connectivity index (χ3v) is 3.92. The van der Waals surface area contributed by atoms with Crippen molar-refractivity contribution in [3.8, 4) is 0 Å². The number of primary amides is 1. The van der Waals surface area contributed by atoms with E-state index in [1.54, 1.807) is 10.8 Å². The first kappa shape index (κ1) is 16.3. The van der Waals surface area contributed by atoms with Gasteiger partial charge >= 0.3 is 5.97 Å². The summed E-state index contributed by atoms with van der Waals surface area (Å²) in [6, 6.07) is 0. The summed E-state index contributed by atoms with van der Waals surface area (Å²) in [4.78, 5) is 30.3. The van der Waals surface area contributed by atoms with Crippen LogP contribution in [0.25, 0.3) is 0 Å². The lowest BCUT2D eigenvalue weighted by Crippen LogP contribution is -2.22. The predicted molar refractivity (Wildman–Crippen MR) is 78.3 cm³/mol. The van der Waals surface area contributed by atoms with Gasteiger partial charge in [0.2, 0.25) is 5.91 Å². The highest BCUT2D eigenvalue weighted by atomic mass is 35.5. The van der Waals surface area contributed by atoms with E-state index in [0.29, 0.717) is 21.5 Å². The van der Waals surface area contributed by atoms with Gasteiger partial charge in [0, 0.05) is 10.8 Å². The number of nitrogens with zero attached hydrogens (tertiary/aromatic N) is 2. The Morgan fingerprint density at radius 2 is 2.00 bits per heavy atom. The molecule has 5 N–H and O–H groups in total. The number of halogens is 1. The lowest BCUT2D eigenvalue weighted by atomic mass is 10.1. The van der Waals surface area contributed by atoms with E-state index in [-0.39, 0.29) is 18.8 Å². The van der Waals surface area contributed by atoms with Gasteiger partial charge in [-0.05, 0) is 0 Å². The highest BCUT2D eigenvalue weighted by Gasteiger charge is 2.26. The molecule has 0 bridgehead atoms. The first-order valence-electron chi connectivity index (χ1n) is 5.13. The van der Waals surface area contributed by atoms with E-state index < -0.39 is 17.8 Å². The van der Waals surface area contributed by atoms with Gasteiger partial charge in [-0.15, -0.1) is 35.1 Å². The Labute approximate surface area is 128 Å². The summed E-state index contributed by atoms with van der Waals surface area (Å²) in [6.45, 7) is 0. The number of carbonyl (C=O) groups excluding carboxylic acids is 1. The summed E-state index contributed by atoms with van der Waals surface area (Å²) >= 11 is 2.38. The molecule has 0 aromatic carbocycles. The van der Waals surface area contributed by atoms with Gasteiger partial charge in [0.15, 0.2) is 5.13 Å². The van der Waals surface area contributed by atoms with Gasteiger partial charge in [-0.2, -0.15) is 0 Å². The van der Waals surface area contributed by atoms with Crippen LogP contribution in [0.1, 0.15) is 22.3 Å². The molecule has 0 saturated carbocycles. The highest BCUT2D eigenvalue weighted by Crippen LogP contribution is 2.29. The molecule has 0 spiro atoms. The van der Waals surface area contributed by atoms with Crippen LogP contribution in [0.2, 0.25) is 0 Å². The number of hydrogen-bond donors (Lipinski definition) is 3. The van der Waals surface area contributed by atoms with Crippen molar-refractivity contribution >= 4 is 52.1 Å². The minimum atomic E-state index is -0.981. The summed E-state index contributed by atoms with van der Waals surface area (Å²) in [5, 5.41) is 12.7. The Kier molecular flexibility index (Phi) is 5.43. The van der Waals surface area contributed by atoms with Crippen LogP contribution in [-0.2, 0) is 16.0 Å². The molecule has 0 fully saturated rings. The Bertz CT molecular complexity index is 628. The van der Waals surface area contributed by atoms with Gasteiger partial charge in [0.1, 0.15) is 10.9 Å². The molecule has 0 radical (unpaired) electrons. The molecular weight excluding hydrogens is 324 g/mol. The van der Waals surface area contributed by atoms with Crippen molar-refractivity contribution in [2.45, 2.75) is 12.3 Å². The van der Waals surface area contributed by atoms with E-state index in [1.807, 2.05) is 0 Å². The lowest BCUT2D eigenvalue weighted by molar-refractivity contribution is -0.136. The number of nitrogen functional groups attached to an aromatic ring is 1. The van der Waals surface area contributed by atoms with Crippen LogP contribution in [0, 0.1) is 0 Å². The number of rotatable bonds is 5. The molecule has 7 nitrogen and oxygen atoms in total. The summed E-state index contributed by atoms with van der Waals surface area (Å²) in [7, 11) is 0. The van der Waals surface area contributed by atoms with Gasteiger partial charge in [-0.25, -0.2) is 9.97 Å². The monoisotopic (exact) mass is 334 g/mol. The Hall–Kier alpha value is -1.71. The van der Waals surface area contributed by atoms with Crippen molar-refractivity contribution in [3.63, 3.8) is 0 Å². The van der Waals surface area contributed by atoms with Crippen LogP contribution in [0.4, 0.5) is 5.13 Å². The molecule has 2 rings (SSSR count). The number of hydrogen-bond acceptors (Lipinski definition) is 7. The molecule has 1 atom stereocenters. The zero-order chi connectivity index (χ0) is 14.0. The molecule has 1 unspecified atom stereocenters. The van der Waals surface area contributed by atoms with Crippen molar-refractivity contribution in [1.29, 1.82) is 0 Å². The zero-order valence-electron chi connectivity index (χ0n) is 9.98. The highest BCUT2D eigenvalue weighted by molar-refractivity contribution is 7.13. The number of amides is 1. The minimum Gasteiger partial charge on any atom is -0.481 e. The van der Waals surface area contributed by atoms with Gasteiger partial charge in [0.25, 0.3) is 0 Å². The normalized spacial score (nSPS) is 11.6. The summed E-state index contributed by atoms with van der Waals surface area (Å²) in [5.41, 5.74) is 11.7. The van der Waals surface area contributed by atoms with E-state index in [2.05, 4.69) is 9.97 Å². The molecule has 0 aliphatic carbocycles. The number of carboxylic acids is 1. The SMILES string of the molecule is Cl.NC(=O)C(c1csc(N)n1)c1nc(CC(=O)O)cs1. The first-order valence-corrected chi connectivity index (χ1v) is 6.89. The maximum Gasteiger partial charge on any atom is 0.309 e. The van der Waals surface area contributed by atoms with Crippen molar-refractivity contribution in [3.05, 3.63) is 27.2 Å². The molecule has 0 saturated heterocycles. The Morgan fingerprint density at radius 1 is 1.30 bits per heavy atom. The fraction of sp³-hybridized carbons (Fsp3) is 0.200. The van der Waals surface area contributed by atoms with Crippen LogP contribution in [0.5, 0.6) is 0 Å². The largest absolute Gasteiger partial charge is 0.481 e. The number of thiazole rings is 2.